The number of carbonyl (C=O) groups is 2. The van der Waals surface area contributed by atoms with Crippen LogP contribution in [0.1, 0.15) is 23.2 Å². The predicted octanol–water partition coefficient (Wildman–Crippen LogP) is 1.84. The first-order valence-electron chi connectivity index (χ1n) is 7.56. The molecule has 2 aromatic rings. The first kappa shape index (κ1) is 16.7. The summed E-state index contributed by atoms with van der Waals surface area (Å²) < 4.78 is 0. The van der Waals surface area contributed by atoms with Gasteiger partial charge in [-0.2, -0.15) is 0 Å². The number of hydrogen-bond donors (Lipinski definition) is 1. The van der Waals surface area contributed by atoms with Gasteiger partial charge in [0, 0.05) is 31.4 Å². The third-order valence-electron chi connectivity index (χ3n) is 3.53. The van der Waals surface area contributed by atoms with Crippen molar-refractivity contribution in [3.05, 3.63) is 65.5 Å². The maximum atomic E-state index is 12.6. The highest BCUT2D eigenvalue weighted by Crippen LogP contribution is 2.09. The average Bonchev–Trinajstić information content (AvgIpc) is 2.54. The number of hydrogen-bond acceptors (Lipinski definition) is 3. The first-order chi connectivity index (χ1) is 11.0. The van der Waals surface area contributed by atoms with Crippen LogP contribution < -0.4 is 5.73 Å². The van der Waals surface area contributed by atoms with E-state index in [-0.39, 0.29) is 18.7 Å². The minimum atomic E-state index is -0.409. The highest BCUT2D eigenvalue weighted by atomic mass is 16.2. The normalized spacial score (nSPS) is 10.3. The molecule has 0 spiro atoms. The van der Waals surface area contributed by atoms with Gasteiger partial charge in [-0.3, -0.25) is 14.6 Å². The van der Waals surface area contributed by atoms with Crippen molar-refractivity contribution in [2.75, 3.05) is 6.54 Å². The van der Waals surface area contributed by atoms with Crippen LogP contribution in [0.5, 0.6) is 0 Å². The van der Waals surface area contributed by atoms with E-state index in [1.165, 1.54) is 0 Å². The fraction of sp³-hybridized carbons (Fsp3) is 0.278. The van der Waals surface area contributed by atoms with E-state index in [0.717, 1.165) is 16.8 Å². The molecule has 0 aliphatic carbocycles. The number of nitrogens with zero attached hydrogens (tertiary/aromatic N) is 2. The number of nitrogens with two attached hydrogens (primary N) is 1. The van der Waals surface area contributed by atoms with Gasteiger partial charge in [0.15, 0.2) is 0 Å². The lowest BCUT2D eigenvalue weighted by Crippen LogP contribution is -2.34. The van der Waals surface area contributed by atoms with E-state index in [4.69, 9.17) is 5.73 Å². The van der Waals surface area contributed by atoms with Crippen molar-refractivity contribution in [1.29, 1.82) is 0 Å². The van der Waals surface area contributed by atoms with Gasteiger partial charge < -0.3 is 10.6 Å². The number of rotatable bonds is 7. The Morgan fingerprint density at radius 3 is 2.43 bits per heavy atom. The first-order valence-corrected chi connectivity index (χ1v) is 7.56. The third-order valence-corrected chi connectivity index (χ3v) is 3.53. The van der Waals surface area contributed by atoms with E-state index in [0.29, 0.717) is 13.1 Å². The topological polar surface area (TPSA) is 76.3 Å². The number of pyridine rings is 1. The maximum Gasteiger partial charge on any atom is 0.227 e. The highest BCUT2D eigenvalue weighted by molar-refractivity contribution is 5.80. The van der Waals surface area contributed by atoms with Gasteiger partial charge in [0.1, 0.15) is 0 Å². The van der Waals surface area contributed by atoms with Gasteiger partial charge in [0.25, 0.3) is 0 Å². The van der Waals surface area contributed by atoms with E-state index in [1.807, 2.05) is 49.4 Å². The number of aryl methyl sites for hydroxylation is 1. The van der Waals surface area contributed by atoms with Gasteiger partial charge in [-0.1, -0.05) is 36.4 Å². The van der Waals surface area contributed by atoms with Crippen molar-refractivity contribution in [2.45, 2.75) is 26.3 Å². The summed E-state index contributed by atoms with van der Waals surface area (Å²) in [7, 11) is 0. The molecule has 0 radical (unpaired) electrons. The lowest BCUT2D eigenvalue weighted by atomic mass is 10.1. The van der Waals surface area contributed by atoms with E-state index < -0.39 is 5.91 Å². The Balaban J connectivity index is 2.06. The Bertz CT molecular complexity index is 654. The lowest BCUT2D eigenvalue weighted by molar-refractivity contribution is -0.131. The molecule has 0 bridgehead atoms. The minimum Gasteiger partial charge on any atom is -0.370 e. The zero-order valence-corrected chi connectivity index (χ0v) is 13.2. The number of amides is 2. The molecule has 0 saturated carbocycles. The van der Waals surface area contributed by atoms with Crippen LogP contribution >= 0.6 is 0 Å². The molecule has 1 aromatic carbocycles. The zero-order valence-electron chi connectivity index (χ0n) is 13.2. The van der Waals surface area contributed by atoms with E-state index in [1.54, 1.807) is 11.1 Å². The second-order valence-electron chi connectivity index (χ2n) is 5.50. The fourth-order valence-corrected chi connectivity index (χ4v) is 2.23. The molecule has 2 rings (SSSR count). The van der Waals surface area contributed by atoms with Crippen LogP contribution in [-0.4, -0.2) is 28.2 Å². The molecule has 0 saturated heterocycles. The molecule has 1 aromatic heterocycles. The molecule has 2 N–H and O–H groups in total. The van der Waals surface area contributed by atoms with Crippen LogP contribution in [0.3, 0.4) is 0 Å². The van der Waals surface area contributed by atoms with Crippen molar-refractivity contribution in [3.8, 4) is 0 Å². The number of carbonyl (C=O) groups excluding carboxylic acids is 2. The highest BCUT2D eigenvalue weighted by Gasteiger charge is 2.15. The van der Waals surface area contributed by atoms with Gasteiger partial charge >= 0.3 is 0 Å². The summed E-state index contributed by atoms with van der Waals surface area (Å²) >= 11 is 0. The molecule has 23 heavy (non-hydrogen) atoms. The Kier molecular flexibility index (Phi) is 5.86. The van der Waals surface area contributed by atoms with Crippen LogP contribution in [0.2, 0.25) is 0 Å². The van der Waals surface area contributed by atoms with Gasteiger partial charge in [-0.15, -0.1) is 0 Å². The van der Waals surface area contributed by atoms with Crippen molar-refractivity contribution in [1.82, 2.24) is 9.88 Å². The molecule has 0 atom stereocenters. The van der Waals surface area contributed by atoms with E-state index >= 15 is 0 Å². The molecule has 120 valence electrons. The van der Waals surface area contributed by atoms with Crippen LogP contribution in [0.4, 0.5) is 0 Å². The Labute approximate surface area is 136 Å². The number of benzene rings is 1. The van der Waals surface area contributed by atoms with Crippen LogP contribution in [0.15, 0.2) is 48.7 Å². The number of aromatic nitrogens is 1. The fourth-order valence-electron chi connectivity index (χ4n) is 2.23. The van der Waals surface area contributed by atoms with Crippen molar-refractivity contribution in [3.63, 3.8) is 0 Å². The van der Waals surface area contributed by atoms with Crippen LogP contribution in [0.25, 0.3) is 0 Å². The third kappa shape index (κ3) is 5.54. The minimum absolute atomic E-state index is 0.0410. The summed E-state index contributed by atoms with van der Waals surface area (Å²) in [6.07, 6.45) is 2.13. The molecule has 0 aliphatic rings. The monoisotopic (exact) mass is 311 g/mol. The SMILES string of the molecule is Cc1ccc(CC(=O)N(CCC(N)=O)Cc2ccccc2)cn1. The molecular formula is C18H21N3O2. The summed E-state index contributed by atoms with van der Waals surface area (Å²) in [5.74, 6) is -0.450. The Morgan fingerprint density at radius 2 is 1.83 bits per heavy atom. The quantitative estimate of drug-likeness (QED) is 0.847. The smallest absolute Gasteiger partial charge is 0.227 e. The summed E-state index contributed by atoms with van der Waals surface area (Å²) in [6.45, 7) is 2.69. The van der Waals surface area contributed by atoms with E-state index in [2.05, 4.69) is 4.98 Å². The van der Waals surface area contributed by atoms with Crippen molar-refractivity contribution < 1.29 is 9.59 Å². The van der Waals surface area contributed by atoms with Crippen LogP contribution in [-0.2, 0) is 22.6 Å². The molecule has 5 heteroatoms. The van der Waals surface area contributed by atoms with Crippen molar-refractivity contribution >= 4 is 11.8 Å². The maximum absolute atomic E-state index is 12.6. The summed E-state index contributed by atoms with van der Waals surface area (Å²) in [5, 5.41) is 0. The molecule has 1 heterocycles. The predicted molar refractivity (Wildman–Crippen MR) is 88.3 cm³/mol. The Hall–Kier alpha value is -2.69. The summed E-state index contributed by atoms with van der Waals surface area (Å²) in [5.41, 5.74) is 8.01. The summed E-state index contributed by atoms with van der Waals surface area (Å²) in [4.78, 5) is 29.5. The Morgan fingerprint density at radius 1 is 1.09 bits per heavy atom. The standard InChI is InChI=1S/C18H21N3O2/c1-14-7-8-16(12-20-14)11-18(23)21(10-9-17(19)22)13-15-5-3-2-4-6-15/h2-8,12H,9-11,13H2,1H3,(H2,19,22). The van der Waals surface area contributed by atoms with Crippen molar-refractivity contribution in [2.24, 2.45) is 5.73 Å². The zero-order chi connectivity index (χ0) is 16.7. The van der Waals surface area contributed by atoms with Crippen LogP contribution in [0, 0.1) is 6.92 Å². The molecule has 0 aliphatic heterocycles. The van der Waals surface area contributed by atoms with Gasteiger partial charge in [0.2, 0.25) is 11.8 Å². The van der Waals surface area contributed by atoms with Gasteiger partial charge in [-0.05, 0) is 24.1 Å². The molecule has 2 amide bonds. The molecule has 0 fully saturated rings. The summed E-state index contributed by atoms with van der Waals surface area (Å²) in [6, 6.07) is 13.5. The second-order valence-corrected chi connectivity index (χ2v) is 5.50. The lowest BCUT2D eigenvalue weighted by Gasteiger charge is -2.22. The average molecular weight is 311 g/mol. The molecule has 5 nitrogen and oxygen atoms in total. The van der Waals surface area contributed by atoms with Gasteiger partial charge in [-0.25, -0.2) is 0 Å². The second kappa shape index (κ2) is 8.08. The van der Waals surface area contributed by atoms with Gasteiger partial charge in [0.05, 0.1) is 6.42 Å². The number of primary amides is 1. The molecular weight excluding hydrogens is 290 g/mol. The van der Waals surface area contributed by atoms with E-state index in [9.17, 15) is 9.59 Å². The molecule has 0 unspecified atom stereocenters. The largest absolute Gasteiger partial charge is 0.370 e.